The lowest BCUT2D eigenvalue weighted by Crippen LogP contribution is -2.48. The Morgan fingerprint density at radius 1 is 1.30 bits per heavy atom. The highest BCUT2D eigenvalue weighted by atomic mass is 19.4. The molecule has 0 aromatic rings. The van der Waals surface area contributed by atoms with Crippen LogP contribution in [-0.2, 0) is 9.53 Å². The van der Waals surface area contributed by atoms with E-state index in [9.17, 15) is 23.1 Å². The van der Waals surface area contributed by atoms with Crippen molar-refractivity contribution in [2.45, 2.75) is 71.3 Å². The molecule has 0 radical (unpaired) electrons. The van der Waals surface area contributed by atoms with Crippen molar-refractivity contribution in [3.05, 3.63) is 0 Å². The molecule has 1 atom stereocenters. The molecular formula is C16H28F3NO3. The zero-order chi connectivity index (χ0) is 17.9. The van der Waals surface area contributed by atoms with Crippen LogP contribution in [0.5, 0.6) is 0 Å². The van der Waals surface area contributed by atoms with Crippen LogP contribution in [0.3, 0.4) is 0 Å². The van der Waals surface area contributed by atoms with Crippen LogP contribution >= 0.6 is 0 Å². The van der Waals surface area contributed by atoms with E-state index in [-0.39, 0.29) is 12.0 Å². The molecule has 0 aromatic heterocycles. The second-order valence-electron chi connectivity index (χ2n) is 7.65. The molecule has 0 spiro atoms. The second kappa shape index (κ2) is 7.38. The first-order chi connectivity index (χ1) is 10.3. The molecule has 1 aliphatic carbocycles. The lowest BCUT2D eigenvalue weighted by molar-refractivity contribution is -0.186. The summed E-state index contributed by atoms with van der Waals surface area (Å²) in [6.07, 6.45) is -2.77. The number of aliphatic hydroxyl groups is 1. The molecule has 136 valence electrons. The van der Waals surface area contributed by atoms with Crippen LogP contribution in [-0.4, -0.2) is 42.0 Å². The Balaban J connectivity index is 2.38. The Morgan fingerprint density at radius 2 is 1.83 bits per heavy atom. The van der Waals surface area contributed by atoms with Gasteiger partial charge in [-0.05, 0) is 43.9 Å². The van der Waals surface area contributed by atoms with Gasteiger partial charge in [-0.1, -0.05) is 20.8 Å². The van der Waals surface area contributed by atoms with E-state index in [0.717, 1.165) is 12.8 Å². The Morgan fingerprint density at radius 3 is 2.26 bits per heavy atom. The van der Waals surface area contributed by atoms with Gasteiger partial charge >= 0.3 is 6.18 Å². The minimum atomic E-state index is -4.46. The number of amides is 1. The summed E-state index contributed by atoms with van der Waals surface area (Å²) in [7, 11) is 0. The van der Waals surface area contributed by atoms with Gasteiger partial charge in [-0.2, -0.15) is 13.2 Å². The number of hydrogen-bond acceptors (Lipinski definition) is 3. The van der Waals surface area contributed by atoms with Gasteiger partial charge in [0.15, 0.2) is 0 Å². The maximum Gasteiger partial charge on any atom is 0.411 e. The number of nitrogens with one attached hydrogen (secondary N) is 1. The van der Waals surface area contributed by atoms with Crippen LogP contribution in [0.1, 0.15) is 53.4 Å². The van der Waals surface area contributed by atoms with E-state index in [2.05, 4.69) is 30.8 Å². The van der Waals surface area contributed by atoms with E-state index in [1.54, 1.807) is 0 Å². The smallest absolute Gasteiger partial charge is 0.388 e. The average Bonchev–Trinajstić information content (AvgIpc) is 2.41. The Hall–Kier alpha value is -0.820. The summed E-state index contributed by atoms with van der Waals surface area (Å²) in [4.78, 5) is 11.8. The lowest BCUT2D eigenvalue weighted by Gasteiger charge is -2.41. The van der Waals surface area contributed by atoms with Gasteiger partial charge in [-0.25, -0.2) is 0 Å². The van der Waals surface area contributed by atoms with Crippen molar-refractivity contribution in [1.82, 2.24) is 5.32 Å². The van der Waals surface area contributed by atoms with E-state index in [1.807, 2.05) is 0 Å². The van der Waals surface area contributed by atoms with Gasteiger partial charge in [0.1, 0.15) is 12.7 Å². The van der Waals surface area contributed by atoms with Crippen molar-refractivity contribution in [2.75, 3.05) is 13.2 Å². The summed E-state index contributed by atoms with van der Waals surface area (Å²) in [5, 5.41) is 13.0. The van der Waals surface area contributed by atoms with Crippen molar-refractivity contribution in [3.63, 3.8) is 0 Å². The molecule has 7 heteroatoms. The highest BCUT2D eigenvalue weighted by Crippen LogP contribution is 2.41. The SMILES string of the molecule is C[C@H](OCC(F)(F)F)C(=O)NCC1(O)CCC(C(C)(C)C)CC1. The minimum Gasteiger partial charge on any atom is -0.388 e. The van der Waals surface area contributed by atoms with Crippen LogP contribution in [0.15, 0.2) is 0 Å². The molecule has 1 rings (SSSR count). The molecule has 23 heavy (non-hydrogen) atoms. The first kappa shape index (κ1) is 20.2. The molecule has 0 bridgehead atoms. The number of hydrogen-bond donors (Lipinski definition) is 2. The largest absolute Gasteiger partial charge is 0.411 e. The first-order valence-electron chi connectivity index (χ1n) is 8.01. The molecule has 2 N–H and O–H groups in total. The van der Waals surface area contributed by atoms with Crippen molar-refractivity contribution >= 4 is 5.91 Å². The third-order valence-electron chi connectivity index (χ3n) is 4.60. The maximum absolute atomic E-state index is 12.1. The molecule has 1 aliphatic rings. The molecule has 0 heterocycles. The molecule has 0 aromatic carbocycles. The van der Waals surface area contributed by atoms with E-state index in [4.69, 9.17) is 0 Å². The van der Waals surface area contributed by atoms with Crippen LogP contribution in [0.2, 0.25) is 0 Å². The number of carbonyl (C=O) groups excluding carboxylic acids is 1. The Labute approximate surface area is 135 Å². The van der Waals surface area contributed by atoms with Gasteiger partial charge in [0.25, 0.3) is 0 Å². The summed E-state index contributed by atoms with van der Waals surface area (Å²) in [6, 6.07) is 0. The van der Waals surface area contributed by atoms with Gasteiger partial charge < -0.3 is 15.2 Å². The fraction of sp³-hybridized carbons (Fsp3) is 0.938. The molecule has 1 saturated carbocycles. The monoisotopic (exact) mass is 339 g/mol. The third-order valence-corrected chi connectivity index (χ3v) is 4.60. The van der Waals surface area contributed by atoms with Crippen LogP contribution in [0.25, 0.3) is 0 Å². The van der Waals surface area contributed by atoms with Crippen LogP contribution < -0.4 is 5.32 Å². The zero-order valence-electron chi connectivity index (χ0n) is 14.3. The zero-order valence-corrected chi connectivity index (χ0v) is 14.3. The fourth-order valence-corrected chi connectivity index (χ4v) is 2.89. The fourth-order valence-electron chi connectivity index (χ4n) is 2.89. The number of halogens is 3. The predicted octanol–water partition coefficient (Wildman–Crippen LogP) is 3.04. The standard InChI is InChI=1S/C16H28F3NO3/c1-11(23-10-16(17,18)19)13(21)20-9-15(22)7-5-12(6-8-15)14(2,3)4/h11-12,22H,5-10H2,1-4H3,(H,20,21)/t11-,12?,15?/m0/s1. The quantitative estimate of drug-likeness (QED) is 0.809. The molecular weight excluding hydrogens is 311 g/mol. The van der Waals surface area contributed by atoms with Gasteiger partial charge in [0, 0.05) is 6.54 Å². The van der Waals surface area contributed by atoms with Crippen LogP contribution in [0.4, 0.5) is 13.2 Å². The average molecular weight is 339 g/mol. The Bertz CT molecular complexity index is 396. The van der Waals surface area contributed by atoms with Gasteiger partial charge in [0.05, 0.1) is 5.60 Å². The number of carbonyl (C=O) groups is 1. The molecule has 0 saturated heterocycles. The van der Waals surface area contributed by atoms with Gasteiger partial charge in [-0.3, -0.25) is 4.79 Å². The van der Waals surface area contributed by atoms with Crippen molar-refractivity contribution < 1.29 is 27.8 Å². The van der Waals surface area contributed by atoms with E-state index in [1.165, 1.54) is 6.92 Å². The van der Waals surface area contributed by atoms with E-state index < -0.39 is 30.4 Å². The molecule has 1 amide bonds. The van der Waals surface area contributed by atoms with E-state index >= 15 is 0 Å². The summed E-state index contributed by atoms with van der Waals surface area (Å²) >= 11 is 0. The highest BCUT2D eigenvalue weighted by Gasteiger charge is 2.38. The number of rotatable bonds is 5. The third kappa shape index (κ3) is 7.08. The van der Waals surface area contributed by atoms with Crippen LogP contribution in [0, 0.1) is 11.3 Å². The van der Waals surface area contributed by atoms with Crippen molar-refractivity contribution in [2.24, 2.45) is 11.3 Å². The number of alkyl halides is 3. The number of ether oxygens (including phenoxy) is 1. The molecule has 0 aliphatic heterocycles. The lowest BCUT2D eigenvalue weighted by atomic mass is 9.68. The summed E-state index contributed by atoms with van der Waals surface area (Å²) in [5.41, 5.74) is -0.800. The summed E-state index contributed by atoms with van der Waals surface area (Å²) in [5.74, 6) is -0.117. The minimum absolute atomic E-state index is 0.0441. The highest BCUT2D eigenvalue weighted by molar-refractivity contribution is 5.80. The maximum atomic E-state index is 12.1. The molecule has 4 nitrogen and oxygen atoms in total. The van der Waals surface area contributed by atoms with Gasteiger partial charge in [0.2, 0.25) is 5.91 Å². The summed E-state index contributed by atoms with van der Waals surface area (Å²) < 4.78 is 40.6. The Kier molecular flexibility index (Phi) is 6.49. The van der Waals surface area contributed by atoms with Gasteiger partial charge in [-0.15, -0.1) is 0 Å². The topological polar surface area (TPSA) is 58.6 Å². The predicted molar refractivity (Wildman–Crippen MR) is 80.8 cm³/mol. The van der Waals surface area contributed by atoms with Crippen molar-refractivity contribution in [1.29, 1.82) is 0 Å². The summed E-state index contributed by atoms with van der Waals surface area (Å²) in [6.45, 7) is 6.36. The molecule has 0 unspecified atom stereocenters. The second-order valence-corrected chi connectivity index (χ2v) is 7.65. The molecule has 1 fully saturated rings. The van der Waals surface area contributed by atoms with Crippen molar-refractivity contribution in [3.8, 4) is 0 Å². The first-order valence-corrected chi connectivity index (χ1v) is 8.01. The van der Waals surface area contributed by atoms with E-state index in [0.29, 0.717) is 18.8 Å². The normalized spacial score (nSPS) is 27.6.